The van der Waals surface area contributed by atoms with Crippen LogP contribution in [-0.4, -0.2) is 56.7 Å². The first-order valence-electron chi connectivity index (χ1n) is 7.71. The number of ether oxygens (including phenoxy) is 1. The maximum atomic E-state index is 12.3. The average Bonchev–Trinajstić information content (AvgIpc) is 2.55. The van der Waals surface area contributed by atoms with Crippen LogP contribution in [0.25, 0.3) is 0 Å². The number of carbonyl (C=O) groups excluding carboxylic acids is 1. The molecule has 0 saturated carbocycles. The van der Waals surface area contributed by atoms with Crippen LogP contribution in [0.4, 0.5) is 13.2 Å². The Bertz CT molecular complexity index is 591. The molecule has 0 heterocycles. The number of likely N-dealkylation sites (N-methyl/N-ethyl adjacent to an activating group) is 1. The molecule has 2 N–H and O–H groups in total. The predicted octanol–water partition coefficient (Wildman–Crippen LogP) is 1.77. The van der Waals surface area contributed by atoms with Crippen molar-refractivity contribution in [3.63, 3.8) is 0 Å². The van der Waals surface area contributed by atoms with Gasteiger partial charge in [0.1, 0.15) is 12.3 Å². The molecule has 0 atom stereocenters. The lowest BCUT2D eigenvalue weighted by atomic mass is 10.2. The van der Waals surface area contributed by atoms with E-state index in [-0.39, 0.29) is 6.54 Å². The lowest BCUT2D eigenvalue weighted by Crippen LogP contribution is -2.45. The SMILES string of the molecule is CCNC(=NCc1cccc(OC)c1)NCC(=O)N(C)CC(F)(F)F. The van der Waals surface area contributed by atoms with Crippen LogP contribution in [0.5, 0.6) is 5.75 Å². The summed E-state index contributed by atoms with van der Waals surface area (Å²) in [5, 5.41) is 5.67. The van der Waals surface area contributed by atoms with Gasteiger partial charge >= 0.3 is 6.18 Å². The van der Waals surface area contributed by atoms with E-state index in [1.165, 1.54) is 0 Å². The number of hydrogen-bond acceptors (Lipinski definition) is 3. The van der Waals surface area contributed by atoms with Crippen molar-refractivity contribution in [3.05, 3.63) is 29.8 Å². The van der Waals surface area contributed by atoms with E-state index in [4.69, 9.17) is 4.74 Å². The van der Waals surface area contributed by atoms with Crippen molar-refractivity contribution < 1.29 is 22.7 Å². The van der Waals surface area contributed by atoms with Gasteiger partial charge in [0, 0.05) is 13.6 Å². The normalized spacial score (nSPS) is 11.8. The number of amides is 1. The van der Waals surface area contributed by atoms with E-state index in [2.05, 4.69) is 15.6 Å². The van der Waals surface area contributed by atoms with Crippen LogP contribution in [0.1, 0.15) is 12.5 Å². The number of halogens is 3. The lowest BCUT2D eigenvalue weighted by Gasteiger charge is -2.20. The Morgan fingerprint density at radius 1 is 1.32 bits per heavy atom. The van der Waals surface area contributed by atoms with Crippen LogP contribution in [-0.2, 0) is 11.3 Å². The van der Waals surface area contributed by atoms with E-state index < -0.39 is 18.6 Å². The van der Waals surface area contributed by atoms with Gasteiger partial charge in [-0.15, -0.1) is 0 Å². The molecule has 0 aliphatic rings. The molecule has 0 radical (unpaired) electrons. The highest BCUT2D eigenvalue weighted by Crippen LogP contribution is 2.15. The zero-order chi connectivity index (χ0) is 18.9. The number of alkyl halides is 3. The van der Waals surface area contributed by atoms with E-state index in [1.54, 1.807) is 7.11 Å². The van der Waals surface area contributed by atoms with Gasteiger partial charge in [0.05, 0.1) is 20.2 Å². The number of rotatable bonds is 7. The highest BCUT2D eigenvalue weighted by Gasteiger charge is 2.31. The van der Waals surface area contributed by atoms with E-state index in [1.807, 2.05) is 31.2 Å². The molecule has 0 aliphatic heterocycles. The summed E-state index contributed by atoms with van der Waals surface area (Å²) in [5.74, 6) is 0.373. The minimum absolute atomic E-state index is 0.281. The molecule has 0 spiro atoms. The van der Waals surface area contributed by atoms with Gasteiger partial charge in [0.25, 0.3) is 0 Å². The van der Waals surface area contributed by atoms with E-state index in [0.717, 1.165) is 12.6 Å². The second kappa shape index (κ2) is 9.75. The molecular formula is C16H23F3N4O2. The van der Waals surface area contributed by atoms with Gasteiger partial charge in [-0.05, 0) is 24.6 Å². The van der Waals surface area contributed by atoms with Crippen LogP contribution in [0, 0.1) is 0 Å². The van der Waals surface area contributed by atoms with E-state index >= 15 is 0 Å². The van der Waals surface area contributed by atoms with Crippen molar-refractivity contribution in [3.8, 4) is 5.75 Å². The van der Waals surface area contributed by atoms with Crippen LogP contribution in [0.15, 0.2) is 29.3 Å². The standard InChI is InChI=1S/C16H23F3N4O2/c1-4-20-15(21-9-12-6-5-7-13(8-12)25-3)22-10-14(24)23(2)11-16(17,18)19/h5-8H,4,9-11H2,1-3H3,(H2,20,21,22). The molecule has 1 aromatic carbocycles. The number of guanidine groups is 1. The highest BCUT2D eigenvalue weighted by molar-refractivity contribution is 5.86. The number of nitrogens with zero attached hydrogens (tertiary/aromatic N) is 2. The van der Waals surface area contributed by atoms with Gasteiger partial charge in [-0.25, -0.2) is 4.99 Å². The van der Waals surface area contributed by atoms with Crippen LogP contribution in [0.2, 0.25) is 0 Å². The molecular weight excluding hydrogens is 337 g/mol. The summed E-state index contributed by atoms with van der Waals surface area (Å²) in [5.41, 5.74) is 0.900. The van der Waals surface area contributed by atoms with E-state index in [0.29, 0.717) is 29.7 Å². The largest absolute Gasteiger partial charge is 0.497 e. The maximum absolute atomic E-state index is 12.3. The summed E-state index contributed by atoms with van der Waals surface area (Å²) in [6.45, 7) is 1.16. The molecule has 0 unspecified atom stereocenters. The van der Waals surface area contributed by atoms with Crippen molar-refractivity contribution in [1.82, 2.24) is 15.5 Å². The maximum Gasteiger partial charge on any atom is 0.406 e. The van der Waals surface area contributed by atoms with Crippen molar-refractivity contribution in [2.75, 3.05) is 33.8 Å². The molecule has 1 aromatic rings. The summed E-state index contributed by atoms with van der Waals surface area (Å²) in [6.07, 6.45) is -4.42. The van der Waals surface area contributed by atoms with Crippen molar-refractivity contribution in [1.29, 1.82) is 0 Å². The van der Waals surface area contributed by atoms with Crippen LogP contribution < -0.4 is 15.4 Å². The molecule has 1 amide bonds. The monoisotopic (exact) mass is 360 g/mol. The molecule has 25 heavy (non-hydrogen) atoms. The van der Waals surface area contributed by atoms with Gasteiger partial charge in [0.15, 0.2) is 5.96 Å². The Kier molecular flexibility index (Phi) is 8.03. The first-order valence-corrected chi connectivity index (χ1v) is 7.71. The Morgan fingerprint density at radius 3 is 2.64 bits per heavy atom. The first-order chi connectivity index (χ1) is 11.7. The fraction of sp³-hybridized carbons (Fsp3) is 0.500. The fourth-order valence-electron chi connectivity index (χ4n) is 1.93. The van der Waals surface area contributed by atoms with Gasteiger partial charge in [-0.3, -0.25) is 4.79 Å². The third-order valence-corrected chi connectivity index (χ3v) is 3.15. The molecule has 0 fully saturated rings. The minimum atomic E-state index is -4.42. The third-order valence-electron chi connectivity index (χ3n) is 3.15. The summed E-state index contributed by atoms with van der Waals surface area (Å²) in [6, 6.07) is 7.35. The number of carbonyl (C=O) groups is 1. The van der Waals surface area contributed by atoms with Crippen molar-refractivity contribution >= 4 is 11.9 Å². The topological polar surface area (TPSA) is 66.0 Å². The lowest BCUT2D eigenvalue weighted by molar-refractivity contribution is -0.157. The minimum Gasteiger partial charge on any atom is -0.497 e. The Morgan fingerprint density at radius 2 is 2.04 bits per heavy atom. The number of methoxy groups -OCH3 is 1. The molecule has 0 aliphatic carbocycles. The molecule has 6 nitrogen and oxygen atoms in total. The molecule has 9 heteroatoms. The zero-order valence-corrected chi connectivity index (χ0v) is 14.5. The molecule has 0 saturated heterocycles. The van der Waals surface area contributed by atoms with Crippen molar-refractivity contribution in [2.45, 2.75) is 19.6 Å². The van der Waals surface area contributed by atoms with E-state index in [9.17, 15) is 18.0 Å². The van der Waals surface area contributed by atoms with Crippen LogP contribution >= 0.6 is 0 Å². The van der Waals surface area contributed by atoms with Crippen molar-refractivity contribution in [2.24, 2.45) is 4.99 Å². The molecule has 0 bridgehead atoms. The quantitative estimate of drug-likeness (QED) is 0.575. The second-order valence-corrected chi connectivity index (χ2v) is 5.27. The molecule has 140 valence electrons. The number of benzene rings is 1. The Hall–Kier alpha value is -2.45. The summed E-state index contributed by atoms with van der Waals surface area (Å²) < 4.78 is 42.0. The third kappa shape index (κ3) is 8.27. The summed E-state index contributed by atoms with van der Waals surface area (Å²) >= 11 is 0. The van der Waals surface area contributed by atoms with Crippen LogP contribution in [0.3, 0.4) is 0 Å². The number of nitrogens with one attached hydrogen (secondary N) is 2. The Labute approximate surface area is 145 Å². The molecule has 1 rings (SSSR count). The highest BCUT2D eigenvalue weighted by atomic mass is 19.4. The van der Waals surface area contributed by atoms with Gasteiger partial charge in [-0.2, -0.15) is 13.2 Å². The fourth-order valence-corrected chi connectivity index (χ4v) is 1.93. The molecule has 0 aromatic heterocycles. The van der Waals surface area contributed by atoms with Gasteiger partial charge in [0.2, 0.25) is 5.91 Å². The predicted molar refractivity (Wildman–Crippen MR) is 89.5 cm³/mol. The first kappa shape index (κ1) is 20.6. The Balaban J connectivity index is 2.62. The second-order valence-electron chi connectivity index (χ2n) is 5.27. The smallest absolute Gasteiger partial charge is 0.406 e. The zero-order valence-electron chi connectivity index (χ0n) is 14.5. The number of hydrogen-bond donors (Lipinski definition) is 2. The summed E-state index contributed by atoms with van der Waals surface area (Å²) in [4.78, 5) is 16.7. The number of aliphatic imine (C=N–C) groups is 1. The summed E-state index contributed by atoms with van der Waals surface area (Å²) in [7, 11) is 2.68. The average molecular weight is 360 g/mol. The van der Waals surface area contributed by atoms with Gasteiger partial charge < -0.3 is 20.3 Å². The van der Waals surface area contributed by atoms with Gasteiger partial charge in [-0.1, -0.05) is 12.1 Å².